The molecule has 0 fully saturated rings. The first-order valence-corrected chi connectivity index (χ1v) is 11.2. The Balaban J connectivity index is 1.29. The number of hydrogen-bond donors (Lipinski definition) is 1. The summed E-state index contributed by atoms with van der Waals surface area (Å²) in [5, 5.41) is 2.73. The zero-order valence-electron chi connectivity index (χ0n) is 16.0. The van der Waals surface area contributed by atoms with Crippen LogP contribution in [0.3, 0.4) is 0 Å². The second-order valence-electron chi connectivity index (χ2n) is 7.24. The summed E-state index contributed by atoms with van der Waals surface area (Å²) in [7, 11) is -3.96. The topological polar surface area (TPSA) is 86.8 Å². The van der Waals surface area contributed by atoms with Gasteiger partial charge in [0.25, 0.3) is 15.9 Å². The molecule has 29 heavy (non-hydrogen) atoms. The van der Waals surface area contributed by atoms with E-state index in [9.17, 15) is 18.0 Å². The lowest BCUT2D eigenvalue weighted by Crippen LogP contribution is -2.41. The molecule has 0 aromatic heterocycles. The number of anilines is 1. The minimum Gasteiger partial charge on any atom is -0.371 e. The molecule has 0 unspecified atom stereocenters. The highest BCUT2D eigenvalue weighted by Crippen LogP contribution is 2.29. The molecule has 2 heterocycles. The lowest BCUT2D eigenvalue weighted by Gasteiger charge is -2.31. The predicted molar refractivity (Wildman–Crippen MR) is 109 cm³/mol. The Hall–Kier alpha value is -2.87. The highest BCUT2D eigenvalue weighted by atomic mass is 32.2. The second kappa shape index (κ2) is 7.87. The van der Waals surface area contributed by atoms with E-state index >= 15 is 0 Å². The first-order chi connectivity index (χ1) is 14.0. The number of sulfonamides is 1. The SMILES string of the molecule is O=C(CN1C(=O)c2ccccc2S1(=O)=O)NCCCN1CCCc2ccccc21. The summed E-state index contributed by atoms with van der Waals surface area (Å²) in [5.74, 6) is -1.13. The monoisotopic (exact) mass is 413 g/mol. The van der Waals surface area contributed by atoms with E-state index in [1.165, 1.54) is 23.4 Å². The average molecular weight is 413 g/mol. The lowest BCUT2D eigenvalue weighted by atomic mass is 10.0. The number of rotatable bonds is 6. The third-order valence-corrected chi connectivity index (χ3v) is 7.12. The van der Waals surface area contributed by atoms with E-state index in [0.717, 1.165) is 32.4 Å². The van der Waals surface area contributed by atoms with Gasteiger partial charge in [0, 0.05) is 25.3 Å². The number of nitrogens with zero attached hydrogens (tertiary/aromatic N) is 2. The van der Waals surface area contributed by atoms with Crippen molar-refractivity contribution >= 4 is 27.5 Å². The minimum atomic E-state index is -3.96. The van der Waals surface area contributed by atoms with Gasteiger partial charge < -0.3 is 10.2 Å². The Bertz CT molecular complexity index is 1050. The highest BCUT2D eigenvalue weighted by Gasteiger charge is 2.41. The van der Waals surface area contributed by atoms with E-state index in [4.69, 9.17) is 0 Å². The number of carbonyl (C=O) groups excluding carboxylic acids is 2. The second-order valence-corrected chi connectivity index (χ2v) is 9.07. The van der Waals surface area contributed by atoms with E-state index < -0.39 is 28.4 Å². The molecule has 2 aromatic rings. The third kappa shape index (κ3) is 3.72. The van der Waals surface area contributed by atoms with Crippen LogP contribution in [0.5, 0.6) is 0 Å². The smallest absolute Gasteiger partial charge is 0.269 e. The van der Waals surface area contributed by atoms with Crippen molar-refractivity contribution in [1.82, 2.24) is 9.62 Å². The Kier molecular flexibility index (Phi) is 5.27. The maximum atomic E-state index is 12.5. The Morgan fingerprint density at radius 2 is 1.83 bits per heavy atom. The summed E-state index contributed by atoms with van der Waals surface area (Å²) in [5.41, 5.74) is 2.71. The maximum absolute atomic E-state index is 12.5. The van der Waals surface area contributed by atoms with Crippen LogP contribution in [0, 0.1) is 0 Å². The van der Waals surface area contributed by atoms with Crippen LogP contribution in [0.4, 0.5) is 5.69 Å². The van der Waals surface area contributed by atoms with E-state index in [0.29, 0.717) is 10.8 Å². The van der Waals surface area contributed by atoms with Gasteiger partial charge in [-0.3, -0.25) is 9.59 Å². The van der Waals surface area contributed by atoms with Crippen LogP contribution in [0.1, 0.15) is 28.8 Å². The van der Waals surface area contributed by atoms with Gasteiger partial charge >= 0.3 is 0 Å². The van der Waals surface area contributed by atoms with Crippen molar-refractivity contribution in [2.45, 2.75) is 24.2 Å². The molecule has 2 amide bonds. The quantitative estimate of drug-likeness (QED) is 0.730. The molecule has 0 saturated heterocycles. The summed E-state index contributed by atoms with van der Waals surface area (Å²) in [6, 6.07) is 14.4. The van der Waals surface area contributed by atoms with Crippen molar-refractivity contribution in [3.63, 3.8) is 0 Å². The van der Waals surface area contributed by atoms with E-state index in [1.54, 1.807) is 12.1 Å². The molecule has 2 aliphatic rings. The summed E-state index contributed by atoms with van der Waals surface area (Å²) in [4.78, 5) is 26.9. The molecule has 152 valence electrons. The van der Waals surface area contributed by atoms with Crippen LogP contribution < -0.4 is 10.2 Å². The van der Waals surface area contributed by atoms with Gasteiger partial charge in [0.1, 0.15) is 11.4 Å². The molecular weight excluding hydrogens is 390 g/mol. The summed E-state index contributed by atoms with van der Waals surface area (Å²) >= 11 is 0. The van der Waals surface area contributed by atoms with E-state index in [1.807, 2.05) is 6.07 Å². The van der Waals surface area contributed by atoms with Crippen molar-refractivity contribution in [2.24, 2.45) is 0 Å². The van der Waals surface area contributed by atoms with Gasteiger partial charge in [0.05, 0.1) is 5.56 Å². The molecule has 1 N–H and O–H groups in total. The number of hydrogen-bond acceptors (Lipinski definition) is 5. The van der Waals surface area contributed by atoms with Gasteiger partial charge in [-0.25, -0.2) is 12.7 Å². The number of benzene rings is 2. The van der Waals surface area contributed by atoms with Crippen LogP contribution in [-0.2, 0) is 21.2 Å². The largest absolute Gasteiger partial charge is 0.371 e. The molecule has 2 aromatic carbocycles. The van der Waals surface area contributed by atoms with Crippen molar-refractivity contribution in [2.75, 3.05) is 31.1 Å². The number of amides is 2. The van der Waals surface area contributed by atoms with Gasteiger partial charge in [0.15, 0.2) is 0 Å². The Labute approximate surface area is 170 Å². The first kappa shape index (κ1) is 19.4. The summed E-state index contributed by atoms with van der Waals surface area (Å²) in [6.07, 6.45) is 2.93. The fraction of sp³-hybridized carbons (Fsp3) is 0.333. The van der Waals surface area contributed by atoms with E-state index in [-0.39, 0.29) is 10.5 Å². The van der Waals surface area contributed by atoms with Crippen LogP contribution in [-0.4, -0.2) is 50.7 Å². The van der Waals surface area contributed by atoms with Gasteiger partial charge in [-0.2, -0.15) is 0 Å². The zero-order chi connectivity index (χ0) is 20.4. The van der Waals surface area contributed by atoms with Crippen LogP contribution >= 0.6 is 0 Å². The molecule has 2 aliphatic heterocycles. The fourth-order valence-electron chi connectivity index (χ4n) is 3.92. The molecule has 7 nitrogen and oxygen atoms in total. The molecular formula is C21H23N3O4S. The van der Waals surface area contributed by atoms with Crippen molar-refractivity contribution in [3.05, 3.63) is 59.7 Å². The van der Waals surface area contributed by atoms with Gasteiger partial charge in [-0.15, -0.1) is 0 Å². The number of nitrogens with one attached hydrogen (secondary N) is 1. The van der Waals surface area contributed by atoms with Crippen molar-refractivity contribution in [3.8, 4) is 0 Å². The van der Waals surface area contributed by atoms with Crippen LogP contribution in [0.25, 0.3) is 0 Å². The molecule has 0 bridgehead atoms. The third-order valence-electron chi connectivity index (χ3n) is 5.33. The summed E-state index contributed by atoms with van der Waals surface area (Å²) < 4.78 is 25.7. The molecule has 0 spiro atoms. The Morgan fingerprint density at radius 3 is 2.66 bits per heavy atom. The van der Waals surface area contributed by atoms with E-state index in [2.05, 4.69) is 28.4 Å². The lowest BCUT2D eigenvalue weighted by molar-refractivity contribution is -0.121. The van der Waals surface area contributed by atoms with Gasteiger partial charge in [-0.1, -0.05) is 30.3 Å². The normalized spacial score (nSPS) is 17.0. The van der Waals surface area contributed by atoms with Crippen molar-refractivity contribution in [1.29, 1.82) is 0 Å². The zero-order valence-corrected chi connectivity index (χ0v) is 16.8. The Morgan fingerprint density at radius 1 is 1.07 bits per heavy atom. The molecule has 0 atom stereocenters. The number of aryl methyl sites for hydroxylation is 1. The summed E-state index contributed by atoms with van der Waals surface area (Å²) in [6.45, 7) is 1.72. The fourth-order valence-corrected chi connectivity index (χ4v) is 5.44. The average Bonchev–Trinajstić information content (AvgIpc) is 2.92. The number of para-hydroxylation sites is 1. The number of carbonyl (C=O) groups is 2. The highest BCUT2D eigenvalue weighted by molar-refractivity contribution is 7.90. The molecule has 0 aliphatic carbocycles. The molecule has 0 saturated carbocycles. The molecule has 8 heteroatoms. The number of fused-ring (bicyclic) bond motifs is 2. The van der Waals surface area contributed by atoms with Crippen molar-refractivity contribution < 1.29 is 18.0 Å². The maximum Gasteiger partial charge on any atom is 0.269 e. The predicted octanol–water partition coefficient (Wildman–Crippen LogP) is 1.79. The standard InChI is InChI=1S/C21H23N3O4S/c25-20(15-24-21(26)17-9-2-4-11-19(17)29(24,27)28)22-12-6-14-23-13-5-8-16-7-1-3-10-18(16)23/h1-4,7,9-11H,5-6,8,12-15H2,(H,22,25). The van der Waals surface area contributed by atoms with Crippen LogP contribution in [0.2, 0.25) is 0 Å². The molecule has 0 radical (unpaired) electrons. The first-order valence-electron chi connectivity index (χ1n) is 9.74. The molecule has 4 rings (SSSR count). The minimum absolute atomic E-state index is 0.0402. The van der Waals surface area contributed by atoms with Crippen LogP contribution in [0.15, 0.2) is 53.4 Å². The van der Waals surface area contributed by atoms with Gasteiger partial charge in [0.2, 0.25) is 5.91 Å². The van der Waals surface area contributed by atoms with Gasteiger partial charge in [-0.05, 0) is 43.0 Å².